The molecule has 0 bridgehead atoms. The lowest BCUT2D eigenvalue weighted by atomic mass is 10.1. The first-order chi connectivity index (χ1) is 20.9. The van der Waals surface area contributed by atoms with E-state index in [0.717, 1.165) is 32.7 Å². The van der Waals surface area contributed by atoms with Crippen LogP contribution in [0.15, 0.2) is 94.2 Å². The monoisotopic (exact) mass is 663 g/mol. The maximum Gasteiger partial charge on any atom is 0.408 e. The fourth-order valence-electron chi connectivity index (χ4n) is 4.02. The molecule has 3 aromatic carbocycles. The molecule has 1 amide bonds. The first-order valence-corrected chi connectivity index (χ1v) is 17.1. The van der Waals surface area contributed by atoms with Crippen LogP contribution in [0, 0.1) is 0 Å². The van der Waals surface area contributed by atoms with Crippen molar-refractivity contribution in [2.45, 2.75) is 75.5 Å². The smallest absolute Gasteiger partial charge is 0.408 e. The molecule has 0 fully saturated rings. The molecule has 0 spiro atoms. The standard InChI is InChI=1S/C33H40ClFNO6PS/c1-6-40-43(38,41-7-2)31(35)20-26(36-32(37)42-33(3,4)5)18-16-25-17-19-29(22-30(25)34)44-28-15-11-14-27(21-28)39-23-24-12-9-8-10-13-24/h8-15,17,19-22,26H,6-7,16,18,23H2,1-5H3,(H,36,37)/b31-20+. The van der Waals surface area contributed by atoms with Gasteiger partial charge in [0.1, 0.15) is 18.0 Å². The summed E-state index contributed by atoms with van der Waals surface area (Å²) < 4.78 is 49.7. The van der Waals surface area contributed by atoms with Gasteiger partial charge in [-0.15, -0.1) is 0 Å². The van der Waals surface area contributed by atoms with Gasteiger partial charge in [0, 0.05) is 14.8 Å². The summed E-state index contributed by atoms with van der Waals surface area (Å²) in [5, 5.41) is 3.18. The summed E-state index contributed by atoms with van der Waals surface area (Å²) in [6.07, 6.45) is 0.964. The van der Waals surface area contributed by atoms with Gasteiger partial charge in [-0.1, -0.05) is 65.8 Å². The zero-order valence-electron chi connectivity index (χ0n) is 25.7. The second-order valence-corrected chi connectivity index (χ2v) is 14.2. The van der Waals surface area contributed by atoms with Crippen LogP contribution < -0.4 is 10.1 Å². The highest BCUT2D eigenvalue weighted by molar-refractivity contribution is 7.99. The van der Waals surface area contributed by atoms with Gasteiger partial charge in [0.15, 0.2) is 0 Å². The number of hydrogen-bond donors (Lipinski definition) is 1. The van der Waals surface area contributed by atoms with E-state index in [0.29, 0.717) is 18.1 Å². The van der Waals surface area contributed by atoms with Gasteiger partial charge in [-0.25, -0.2) is 4.79 Å². The number of halogens is 2. The largest absolute Gasteiger partial charge is 0.489 e. The minimum Gasteiger partial charge on any atom is -0.489 e. The number of carbonyl (C=O) groups is 1. The molecule has 0 saturated carbocycles. The topological polar surface area (TPSA) is 83.1 Å². The van der Waals surface area contributed by atoms with Crippen molar-refractivity contribution in [1.82, 2.24) is 5.32 Å². The molecule has 0 aliphatic rings. The Bertz CT molecular complexity index is 1440. The van der Waals surface area contributed by atoms with Crippen LogP contribution in [0.1, 0.15) is 52.2 Å². The predicted octanol–water partition coefficient (Wildman–Crippen LogP) is 9.97. The molecule has 3 aromatic rings. The molecule has 0 saturated heterocycles. The third kappa shape index (κ3) is 11.9. The number of rotatable bonds is 15. The van der Waals surface area contributed by atoms with Gasteiger partial charge in [-0.05, 0) is 95.0 Å². The fraction of sp³-hybridized carbons (Fsp3) is 0.364. The average Bonchev–Trinajstić information content (AvgIpc) is 2.95. The predicted molar refractivity (Wildman–Crippen MR) is 174 cm³/mol. The van der Waals surface area contributed by atoms with Crippen LogP contribution in [0.2, 0.25) is 5.02 Å². The summed E-state index contributed by atoms with van der Waals surface area (Å²) >= 11 is 8.21. The molecule has 0 aliphatic carbocycles. The molecule has 238 valence electrons. The molecule has 1 atom stereocenters. The molecular weight excluding hydrogens is 624 g/mol. The van der Waals surface area contributed by atoms with E-state index < -0.39 is 30.9 Å². The van der Waals surface area contributed by atoms with E-state index in [4.69, 9.17) is 30.1 Å². The summed E-state index contributed by atoms with van der Waals surface area (Å²) in [6, 6.07) is 22.7. The zero-order valence-corrected chi connectivity index (χ0v) is 28.1. The Kier molecular flexibility index (Phi) is 13.8. The van der Waals surface area contributed by atoms with Crippen LogP contribution in [-0.4, -0.2) is 30.9 Å². The van der Waals surface area contributed by atoms with Crippen molar-refractivity contribution >= 4 is 37.1 Å². The summed E-state index contributed by atoms with van der Waals surface area (Å²) in [4.78, 5) is 14.5. The molecule has 1 N–H and O–H groups in total. The number of alkyl carbamates (subject to hydrolysis) is 1. The van der Waals surface area contributed by atoms with Crippen LogP contribution in [0.3, 0.4) is 0 Å². The van der Waals surface area contributed by atoms with Gasteiger partial charge in [0.25, 0.3) is 0 Å². The van der Waals surface area contributed by atoms with Gasteiger partial charge in [-0.3, -0.25) is 4.57 Å². The van der Waals surface area contributed by atoms with Crippen molar-refractivity contribution in [3.63, 3.8) is 0 Å². The molecule has 7 nitrogen and oxygen atoms in total. The quantitative estimate of drug-likeness (QED) is 0.162. The molecule has 0 heterocycles. The van der Waals surface area contributed by atoms with Crippen molar-refractivity contribution in [3.05, 3.63) is 101 Å². The highest BCUT2D eigenvalue weighted by atomic mass is 35.5. The normalized spacial score (nSPS) is 12.9. The van der Waals surface area contributed by atoms with Crippen molar-refractivity contribution < 1.29 is 32.3 Å². The number of carbonyl (C=O) groups excluding carboxylic acids is 1. The lowest BCUT2D eigenvalue weighted by Crippen LogP contribution is -2.38. The van der Waals surface area contributed by atoms with Crippen LogP contribution in [0.4, 0.5) is 9.18 Å². The van der Waals surface area contributed by atoms with Gasteiger partial charge < -0.3 is 23.8 Å². The van der Waals surface area contributed by atoms with Crippen molar-refractivity contribution in [1.29, 1.82) is 0 Å². The lowest BCUT2D eigenvalue weighted by Gasteiger charge is -2.23. The molecule has 1 unspecified atom stereocenters. The van der Waals surface area contributed by atoms with Gasteiger partial charge in [-0.2, -0.15) is 4.39 Å². The summed E-state index contributed by atoms with van der Waals surface area (Å²) in [5.74, 6) is 0.767. The van der Waals surface area contributed by atoms with Crippen LogP contribution >= 0.6 is 31.0 Å². The Balaban J connectivity index is 1.70. The average molecular weight is 664 g/mol. The molecule has 0 radical (unpaired) electrons. The Morgan fingerprint density at radius 1 is 1.00 bits per heavy atom. The maximum absolute atomic E-state index is 15.2. The van der Waals surface area contributed by atoms with Crippen molar-refractivity contribution in [3.8, 4) is 5.75 Å². The Morgan fingerprint density at radius 3 is 2.32 bits per heavy atom. The molecule has 3 rings (SSSR count). The minimum absolute atomic E-state index is 0.00628. The first kappa shape index (κ1) is 35.7. The van der Waals surface area contributed by atoms with E-state index in [1.807, 2.05) is 72.8 Å². The third-order valence-corrected chi connectivity index (χ3v) is 9.14. The van der Waals surface area contributed by atoms with E-state index in [1.165, 1.54) is 0 Å². The molecular formula is C33H40ClFNO6PS. The van der Waals surface area contributed by atoms with Crippen LogP contribution in [0.25, 0.3) is 0 Å². The third-order valence-electron chi connectivity index (χ3n) is 5.94. The number of hydrogen-bond acceptors (Lipinski definition) is 7. The van der Waals surface area contributed by atoms with Crippen LogP contribution in [0.5, 0.6) is 5.75 Å². The van der Waals surface area contributed by atoms with Gasteiger partial charge >= 0.3 is 13.7 Å². The minimum atomic E-state index is -4.15. The Hall–Kier alpha value is -2.81. The van der Waals surface area contributed by atoms with Gasteiger partial charge in [0.2, 0.25) is 5.57 Å². The summed E-state index contributed by atoms with van der Waals surface area (Å²) in [7, 11) is -4.15. The second kappa shape index (κ2) is 17.0. The Morgan fingerprint density at radius 2 is 1.68 bits per heavy atom. The summed E-state index contributed by atoms with van der Waals surface area (Å²) in [6.45, 7) is 8.83. The lowest BCUT2D eigenvalue weighted by molar-refractivity contribution is 0.0512. The van der Waals surface area contributed by atoms with Gasteiger partial charge in [0.05, 0.1) is 19.3 Å². The van der Waals surface area contributed by atoms with Crippen LogP contribution in [-0.2, 0) is 31.4 Å². The van der Waals surface area contributed by atoms with Crippen molar-refractivity contribution in [2.75, 3.05) is 13.2 Å². The molecule has 11 heteroatoms. The Labute approximate surface area is 269 Å². The summed E-state index contributed by atoms with van der Waals surface area (Å²) in [5.41, 5.74) is 0.0635. The molecule has 0 aliphatic heterocycles. The highest BCUT2D eigenvalue weighted by Crippen LogP contribution is 2.56. The maximum atomic E-state index is 15.2. The number of ether oxygens (including phenoxy) is 2. The highest BCUT2D eigenvalue weighted by Gasteiger charge is 2.32. The fourth-order valence-corrected chi connectivity index (χ4v) is 6.63. The number of benzene rings is 3. The zero-order chi connectivity index (χ0) is 32.2. The second-order valence-electron chi connectivity index (χ2n) is 10.7. The number of aryl methyl sites for hydroxylation is 1. The number of nitrogens with one attached hydrogen (secondary N) is 1. The first-order valence-electron chi connectivity index (χ1n) is 14.4. The van der Waals surface area contributed by atoms with E-state index >= 15 is 4.39 Å². The molecule has 44 heavy (non-hydrogen) atoms. The SMILES string of the molecule is CCOP(=O)(OCC)/C(F)=C/C(CCc1ccc(Sc2cccc(OCc3ccccc3)c2)cc1Cl)NC(=O)OC(C)(C)C. The number of amides is 1. The molecule has 0 aromatic heterocycles. The van der Waals surface area contributed by atoms with Crippen molar-refractivity contribution in [2.24, 2.45) is 0 Å². The van der Waals surface area contributed by atoms with E-state index in [9.17, 15) is 9.36 Å². The van der Waals surface area contributed by atoms with E-state index in [2.05, 4.69) is 5.32 Å². The van der Waals surface area contributed by atoms with E-state index in [1.54, 1.807) is 46.4 Å². The van der Waals surface area contributed by atoms with E-state index in [-0.39, 0.29) is 19.6 Å².